The second-order valence-electron chi connectivity index (χ2n) is 4.91. The molecule has 1 N–H and O–H groups in total. The highest BCUT2D eigenvalue weighted by Crippen LogP contribution is 2.09. The van der Waals surface area contributed by atoms with Gasteiger partial charge < -0.3 is 19.2 Å². The largest absolute Gasteiger partial charge is 0.467 e. The summed E-state index contributed by atoms with van der Waals surface area (Å²) in [5.74, 6) is -1.39. The predicted molar refractivity (Wildman–Crippen MR) is 82.1 cm³/mol. The van der Waals surface area contributed by atoms with Gasteiger partial charge in [0, 0.05) is 6.08 Å². The van der Waals surface area contributed by atoms with E-state index in [2.05, 4.69) is 10.1 Å². The summed E-state index contributed by atoms with van der Waals surface area (Å²) in [5.41, 5.74) is 0. The van der Waals surface area contributed by atoms with Crippen LogP contribution in [0.15, 0.2) is 28.9 Å². The van der Waals surface area contributed by atoms with Gasteiger partial charge in [0.25, 0.3) is 5.91 Å². The highest BCUT2D eigenvalue weighted by atomic mass is 16.5. The SMILES string of the molecule is CC[C@@H](C)[C@@H](NC(=O)COC(=O)/C=C/c1ccco1)C(=O)OC. The number of carbonyl (C=O) groups excluding carboxylic acids is 3. The van der Waals surface area contributed by atoms with E-state index in [0.29, 0.717) is 12.2 Å². The number of furan rings is 1. The fourth-order valence-corrected chi connectivity index (χ4v) is 1.73. The summed E-state index contributed by atoms with van der Waals surface area (Å²) in [6.07, 6.45) is 4.74. The van der Waals surface area contributed by atoms with Gasteiger partial charge >= 0.3 is 11.9 Å². The number of rotatable bonds is 8. The van der Waals surface area contributed by atoms with Crippen molar-refractivity contribution >= 4 is 23.9 Å². The van der Waals surface area contributed by atoms with Gasteiger partial charge in [-0.15, -0.1) is 0 Å². The Morgan fingerprint density at radius 3 is 2.70 bits per heavy atom. The molecule has 1 aromatic rings. The maximum Gasteiger partial charge on any atom is 0.331 e. The van der Waals surface area contributed by atoms with Crippen LogP contribution in [0.25, 0.3) is 6.08 Å². The fourth-order valence-electron chi connectivity index (χ4n) is 1.73. The molecule has 126 valence electrons. The Kier molecular flexibility index (Phi) is 7.59. The highest BCUT2D eigenvalue weighted by molar-refractivity contribution is 5.90. The summed E-state index contributed by atoms with van der Waals surface area (Å²) in [4.78, 5) is 34.9. The molecule has 0 radical (unpaired) electrons. The summed E-state index contributed by atoms with van der Waals surface area (Å²) in [7, 11) is 1.25. The summed E-state index contributed by atoms with van der Waals surface area (Å²) in [5, 5.41) is 2.51. The third-order valence-electron chi connectivity index (χ3n) is 3.26. The third kappa shape index (κ3) is 6.37. The smallest absolute Gasteiger partial charge is 0.331 e. The van der Waals surface area contributed by atoms with Gasteiger partial charge in [-0.3, -0.25) is 4.79 Å². The number of methoxy groups -OCH3 is 1. The molecule has 23 heavy (non-hydrogen) atoms. The van der Waals surface area contributed by atoms with E-state index in [0.717, 1.165) is 6.08 Å². The molecule has 0 aliphatic heterocycles. The van der Waals surface area contributed by atoms with Crippen molar-refractivity contribution in [1.82, 2.24) is 5.32 Å². The van der Waals surface area contributed by atoms with E-state index in [1.165, 1.54) is 19.4 Å². The first-order valence-electron chi connectivity index (χ1n) is 7.23. The molecule has 0 fully saturated rings. The van der Waals surface area contributed by atoms with Gasteiger partial charge in [-0.05, 0) is 24.1 Å². The molecule has 0 unspecified atom stereocenters. The second kappa shape index (κ2) is 9.45. The van der Waals surface area contributed by atoms with Crippen molar-refractivity contribution in [2.75, 3.05) is 13.7 Å². The molecule has 1 rings (SSSR count). The van der Waals surface area contributed by atoms with Crippen molar-refractivity contribution in [2.24, 2.45) is 5.92 Å². The molecule has 0 saturated heterocycles. The van der Waals surface area contributed by atoms with Gasteiger partial charge in [-0.25, -0.2) is 9.59 Å². The first-order chi connectivity index (χ1) is 11.0. The molecular weight excluding hydrogens is 302 g/mol. The summed E-state index contributed by atoms with van der Waals surface area (Å²) >= 11 is 0. The molecular formula is C16H21NO6. The predicted octanol–water partition coefficient (Wildman–Crippen LogP) is 1.54. The van der Waals surface area contributed by atoms with Crippen LogP contribution in [-0.4, -0.2) is 37.6 Å². The number of hydrogen-bond donors (Lipinski definition) is 1. The van der Waals surface area contributed by atoms with Crippen molar-refractivity contribution in [2.45, 2.75) is 26.3 Å². The van der Waals surface area contributed by atoms with Gasteiger partial charge in [-0.2, -0.15) is 0 Å². The Morgan fingerprint density at radius 2 is 2.13 bits per heavy atom. The van der Waals surface area contributed by atoms with Gasteiger partial charge in [0.2, 0.25) is 0 Å². The van der Waals surface area contributed by atoms with Crippen molar-refractivity contribution in [1.29, 1.82) is 0 Å². The lowest BCUT2D eigenvalue weighted by Crippen LogP contribution is -2.47. The van der Waals surface area contributed by atoms with Gasteiger partial charge in [0.1, 0.15) is 11.8 Å². The fraction of sp³-hybridized carbons (Fsp3) is 0.438. The van der Waals surface area contributed by atoms with E-state index in [4.69, 9.17) is 9.15 Å². The Morgan fingerprint density at radius 1 is 1.39 bits per heavy atom. The lowest BCUT2D eigenvalue weighted by molar-refractivity contribution is -0.148. The van der Waals surface area contributed by atoms with Crippen LogP contribution in [0.2, 0.25) is 0 Å². The van der Waals surface area contributed by atoms with E-state index in [1.54, 1.807) is 12.1 Å². The molecule has 0 aromatic carbocycles. The molecule has 0 saturated carbocycles. The van der Waals surface area contributed by atoms with Gasteiger partial charge in [-0.1, -0.05) is 20.3 Å². The van der Waals surface area contributed by atoms with Crippen molar-refractivity contribution < 1.29 is 28.3 Å². The molecule has 0 aliphatic rings. The van der Waals surface area contributed by atoms with E-state index in [1.807, 2.05) is 13.8 Å². The van der Waals surface area contributed by atoms with Crippen LogP contribution in [0.1, 0.15) is 26.0 Å². The third-order valence-corrected chi connectivity index (χ3v) is 3.26. The van der Waals surface area contributed by atoms with E-state index < -0.39 is 30.5 Å². The molecule has 1 aromatic heterocycles. The molecule has 0 spiro atoms. The number of carbonyl (C=O) groups is 3. The van der Waals surface area contributed by atoms with Gasteiger partial charge in [0.05, 0.1) is 13.4 Å². The quantitative estimate of drug-likeness (QED) is 0.576. The van der Waals surface area contributed by atoms with Crippen molar-refractivity contribution in [3.8, 4) is 0 Å². The van der Waals surface area contributed by atoms with Crippen LogP contribution >= 0.6 is 0 Å². The molecule has 0 bridgehead atoms. The van der Waals surface area contributed by atoms with Crippen LogP contribution in [0, 0.1) is 5.92 Å². The van der Waals surface area contributed by atoms with Crippen molar-refractivity contribution in [3.63, 3.8) is 0 Å². The zero-order valence-corrected chi connectivity index (χ0v) is 13.4. The van der Waals surface area contributed by atoms with Crippen LogP contribution in [0.5, 0.6) is 0 Å². The van der Waals surface area contributed by atoms with E-state index in [-0.39, 0.29) is 5.92 Å². The Balaban J connectivity index is 2.45. The minimum atomic E-state index is -0.769. The summed E-state index contributed by atoms with van der Waals surface area (Å²) < 4.78 is 14.5. The number of esters is 2. The average Bonchev–Trinajstić information content (AvgIpc) is 3.08. The van der Waals surface area contributed by atoms with Gasteiger partial charge in [0.15, 0.2) is 6.61 Å². The number of nitrogens with one attached hydrogen (secondary N) is 1. The van der Waals surface area contributed by atoms with E-state index in [9.17, 15) is 14.4 Å². The Bertz CT molecular complexity index is 549. The number of hydrogen-bond acceptors (Lipinski definition) is 6. The average molecular weight is 323 g/mol. The molecule has 7 nitrogen and oxygen atoms in total. The lowest BCUT2D eigenvalue weighted by Gasteiger charge is -2.21. The minimum Gasteiger partial charge on any atom is -0.467 e. The summed E-state index contributed by atoms with van der Waals surface area (Å²) in [6, 6.07) is 2.58. The van der Waals surface area contributed by atoms with E-state index >= 15 is 0 Å². The minimum absolute atomic E-state index is 0.0963. The van der Waals surface area contributed by atoms with Crippen LogP contribution < -0.4 is 5.32 Å². The zero-order valence-electron chi connectivity index (χ0n) is 13.4. The second-order valence-corrected chi connectivity index (χ2v) is 4.91. The normalized spacial score (nSPS) is 13.3. The summed E-state index contributed by atoms with van der Waals surface area (Å²) in [6.45, 7) is 3.23. The van der Waals surface area contributed by atoms with Crippen LogP contribution in [0.3, 0.4) is 0 Å². The van der Waals surface area contributed by atoms with Crippen LogP contribution in [-0.2, 0) is 23.9 Å². The van der Waals surface area contributed by atoms with Crippen LogP contribution in [0.4, 0.5) is 0 Å². The lowest BCUT2D eigenvalue weighted by atomic mass is 9.99. The Hall–Kier alpha value is -2.57. The zero-order chi connectivity index (χ0) is 17.2. The maximum atomic E-state index is 11.8. The molecule has 2 atom stereocenters. The molecule has 0 aliphatic carbocycles. The number of amides is 1. The molecule has 1 amide bonds. The number of ether oxygens (including phenoxy) is 2. The molecule has 7 heteroatoms. The molecule has 1 heterocycles. The highest BCUT2D eigenvalue weighted by Gasteiger charge is 2.26. The maximum absolute atomic E-state index is 11.8. The first kappa shape index (κ1) is 18.5. The van der Waals surface area contributed by atoms with Crippen molar-refractivity contribution in [3.05, 3.63) is 30.2 Å². The topological polar surface area (TPSA) is 94.8 Å². The standard InChI is InChI=1S/C16H21NO6/c1-4-11(2)15(16(20)21-3)17-13(18)10-23-14(19)8-7-12-6-5-9-22-12/h5-9,11,15H,4,10H2,1-3H3,(H,17,18)/b8-7+/t11-,15-/m1/s1. The Labute approximate surface area is 134 Å². The monoisotopic (exact) mass is 323 g/mol. The first-order valence-corrected chi connectivity index (χ1v) is 7.23.